The van der Waals surface area contributed by atoms with Gasteiger partial charge in [0.05, 0.1) is 12.7 Å². The van der Waals surface area contributed by atoms with E-state index in [0.29, 0.717) is 29.0 Å². The van der Waals surface area contributed by atoms with Crippen molar-refractivity contribution in [2.45, 2.75) is 30.9 Å². The number of rotatable bonds is 6. The molecule has 128 valence electrons. The third kappa shape index (κ3) is 4.08. The molecule has 1 fully saturated rings. The van der Waals surface area contributed by atoms with E-state index in [1.54, 1.807) is 7.11 Å². The Hall–Kier alpha value is -2.02. The lowest BCUT2D eigenvalue weighted by Crippen LogP contribution is -2.35. The van der Waals surface area contributed by atoms with Crippen molar-refractivity contribution in [1.29, 1.82) is 0 Å². The number of carbonyl (C=O) groups is 1. The maximum absolute atomic E-state index is 12.1. The second-order valence-electron chi connectivity index (χ2n) is 5.61. The Morgan fingerprint density at radius 3 is 2.83 bits per heavy atom. The van der Waals surface area contributed by atoms with E-state index in [1.807, 2.05) is 29.2 Å². The molecule has 1 aliphatic rings. The number of ether oxygens (including phenoxy) is 1. The molecule has 2 aromatic rings. The van der Waals surface area contributed by atoms with Gasteiger partial charge in [0.1, 0.15) is 5.75 Å². The van der Waals surface area contributed by atoms with Gasteiger partial charge in [-0.2, -0.15) is 0 Å². The lowest BCUT2D eigenvalue weighted by atomic mass is 10.1. The summed E-state index contributed by atoms with van der Waals surface area (Å²) in [5.41, 5.74) is 0.767. The maximum Gasteiger partial charge on any atom is 0.276 e. The van der Waals surface area contributed by atoms with Crippen molar-refractivity contribution in [3.8, 4) is 17.2 Å². The lowest BCUT2D eigenvalue weighted by molar-refractivity contribution is -0.131. The van der Waals surface area contributed by atoms with Gasteiger partial charge in [0, 0.05) is 25.3 Å². The molecule has 24 heavy (non-hydrogen) atoms. The van der Waals surface area contributed by atoms with Crippen LogP contribution in [0.1, 0.15) is 25.7 Å². The smallest absolute Gasteiger partial charge is 0.276 e. The largest absolute Gasteiger partial charge is 0.496 e. The molecule has 0 radical (unpaired) electrons. The van der Waals surface area contributed by atoms with Gasteiger partial charge in [-0.25, -0.2) is 0 Å². The van der Waals surface area contributed by atoms with Gasteiger partial charge in [-0.3, -0.25) is 4.79 Å². The van der Waals surface area contributed by atoms with Crippen LogP contribution in [-0.4, -0.2) is 47.0 Å². The van der Waals surface area contributed by atoms with E-state index >= 15 is 0 Å². The molecule has 1 aliphatic heterocycles. The van der Waals surface area contributed by atoms with Crippen LogP contribution in [-0.2, 0) is 4.79 Å². The van der Waals surface area contributed by atoms with Gasteiger partial charge in [0.2, 0.25) is 5.91 Å². The number of para-hydroxylation sites is 1. The highest BCUT2D eigenvalue weighted by Crippen LogP contribution is 2.30. The zero-order valence-electron chi connectivity index (χ0n) is 13.7. The molecule has 1 amide bonds. The Morgan fingerprint density at radius 2 is 2.04 bits per heavy atom. The number of benzene rings is 1. The van der Waals surface area contributed by atoms with Gasteiger partial charge in [-0.15, -0.1) is 10.2 Å². The summed E-state index contributed by atoms with van der Waals surface area (Å²) in [6.07, 6.45) is 3.96. The fourth-order valence-electron chi connectivity index (χ4n) is 2.73. The predicted molar refractivity (Wildman–Crippen MR) is 92.1 cm³/mol. The van der Waals surface area contributed by atoms with Crippen molar-refractivity contribution >= 4 is 17.7 Å². The van der Waals surface area contributed by atoms with E-state index in [1.165, 1.54) is 18.2 Å². The van der Waals surface area contributed by atoms with Crippen LogP contribution >= 0.6 is 11.8 Å². The third-order valence-corrected chi connectivity index (χ3v) is 4.81. The fraction of sp³-hybridized carbons (Fsp3) is 0.471. The minimum absolute atomic E-state index is 0.215. The molecule has 0 saturated carbocycles. The summed E-state index contributed by atoms with van der Waals surface area (Å²) in [5.74, 6) is 1.98. The normalized spacial score (nSPS) is 14.6. The van der Waals surface area contributed by atoms with Gasteiger partial charge >= 0.3 is 0 Å². The molecule has 7 heteroatoms. The molecule has 0 aliphatic carbocycles. The molecule has 0 N–H and O–H groups in total. The quantitative estimate of drug-likeness (QED) is 0.747. The van der Waals surface area contributed by atoms with Crippen LogP contribution in [0.5, 0.6) is 5.75 Å². The zero-order valence-corrected chi connectivity index (χ0v) is 14.6. The molecule has 0 atom stereocenters. The number of hydrogen-bond donors (Lipinski definition) is 0. The number of amides is 1. The standard InChI is InChI=1S/C17H21N3O3S/c1-22-14-8-4-3-7-13(14)16-18-19-17(23-16)24-12-9-15(21)20-10-5-2-6-11-20/h3-4,7-8H,2,5-6,9-12H2,1H3. The van der Waals surface area contributed by atoms with Gasteiger partial charge < -0.3 is 14.1 Å². The van der Waals surface area contributed by atoms with Crippen molar-refractivity contribution in [2.75, 3.05) is 26.0 Å². The van der Waals surface area contributed by atoms with Crippen LogP contribution in [0.3, 0.4) is 0 Å². The summed E-state index contributed by atoms with van der Waals surface area (Å²) in [6, 6.07) is 7.51. The molecule has 0 unspecified atom stereocenters. The number of piperidine rings is 1. The van der Waals surface area contributed by atoms with Crippen molar-refractivity contribution in [3.63, 3.8) is 0 Å². The Bertz CT molecular complexity index is 683. The van der Waals surface area contributed by atoms with Crippen LogP contribution in [0.2, 0.25) is 0 Å². The monoisotopic (exact) mass is 347 g/mol. The number of aromatic nitrogens is 2. The van der Waals surface area contributed by atoms with Crippen LogP contribution in [0.4, 0.5) is 0 Å². The number of carbonyl (C=O) groups excluding carboxylic acids is 1. The van der Waals surface area contributed by atoms with Gasteiger partial charge in [-0.1, -0.05) is 23.9 Å². The topological polar surface area (TPSA) is 68.5 Å². The minimum Gasteiger partial charge on any atom is -0.496 e. The molecular formula is C17H21N3O3S. The number of likely N-dealkylation sites (tertiary alicyclic amines) is 1. The van der Waals surface area contributed by atoms with E-state index in [0.717, 1.165) is 31.5 Å². The average Bonchev–Trinajstić information content (AvgIpc) is 3.11. The third-order valence-electron chi connectivity index (χ3n) is 3.99. The van der Waals surface area contributed by atoms with E-state index in [9.17, 15) is 4.79 Å². The molecule has 1 aromatic carbocycles. The summed E-state index contributed by atoms with van der Waals surface area (Å²) in [6.45, 7) is 1.78. The summed E-state index contributed by atoms with van der Waals surface area (Å²) >= 11 is 1.41. The highest BCUT2D eigenvalue weighted by molar-refractivity contribution is 7.99. The van der Waals surface area contributed by atoms with Gasteiger partial charge in [-0.05, 0) is 31.4 Å². The predicted octanol–water partition coefficient (Wildman–Crippen LogP) is 3.24. The summed E-state index contributed by atoms with van der Waals surface area (Å²) in [7, 11) is 1.61. The highest BCUT2D eigenvalue weighted by Gasteiger charge is 2.17. The van der Waals surface area contributed by atoms with E-state index < -0.39 is 0 Å². The average molecular weight is 347 g/mol. The molecule has 1 saturated heterocycles. The molecule has 2 heterocycles. The number of thioether (sulfide) groups is 1. The molecule has 6 nitrogen and oxygen atoms in total. The first-order valence-electron chi connectivity index (χ1n) is 8.15. The second-order valence-corrected chi connectivity index (χ2v) is 6.66. The van der Waals surface area contributed by atoms with Crippen LogP contribution in [0.25, 0.3) is 11.5 Å². The Labute approximate surface area is 145 Å². The zero-order chi connectivity index (χ0) is 16.8. The number of methoxy groups -OCH3 is 1. The lowest BCUT2D eigenvalue weighted by Gasteiger charge is -2.26. The summed E-state index contributed by atoms with van der Waals surface area (Å²) < 4.78 is 11.0. The minimum atomic E-state index is 0.215. The Kier molecular flexibility index (Phi) is 5.74. The molecule has 3 rings (SSSR count). The Balaban J connectivity index is 1.53. The molecule has 0 spiro atoms. The number of hydrogen-bond acceptors (Lipinski definition) is 6. The summed E-state index contributed by atoms with van der Waals surface area (Å²) in [4.78, 5) is 14.1. The molecule has 0 bridgehead atoms. The van der Waals surface area contributed by atoms with E-state index in [4.69, 9.17) is 9.15 Å². The summed E-state index contributed by atoms with van der Waals surface area (Å²) in [5, 5.41) is 8.59. The van der Waals surface area contributed by atoms with Crippen LogP contribution in [0.15, 0.2) is 33.9 Å². The van der Waals surface area contributed by atoms with Crippen molar-refractivity contribution in [1.82, 2.24) is 15.1 Å². The second kappa shape index (κ2) is 8.19. The number of nitrogens with zero attached hydrogens (tertiary/aromatic N) is 3. The molecule has 1 aromatic heterocycles. The first-order chi connectivity index (χ1) is 11.8. The van der Waals surface area contributed by atoms with Crippen LogP contribution < -0.4 is 4.74 Å². The first-order valence-corrected chi connectivity index (χ1v) is 9.14. The van der Waals surface area contributed by atoms with Crippen molar-refractivity contribution < 1.29 is 13.9 Å². The molecular weight excluding hydrogens is 326 g/mol. The Morgan fingerprint density at radius 1 is 1.25 bits per heavy atom. The SMILES string of the molecule is COc1ccccc1-c1nnc(SCCC(=O)N2CCCCC2)o1. The van der Waals surface area contributed by atoms with Crippen LogP contribution in [0, 0.1) is 0 Å². The highest BCUT2D eigenvalue weighted by atomic mass is 32.2. The van der Waals surface area contributed by atoms with E-state index in [-0.39, 0.29) is 5.91 Å². The van der Waals surface area contributed by atoms with Gasteiger partial charge in [0.15, 0.2) is 0 Å². The maximum atomic E-state index is 12.1. The first kappa shape index (κ1) is 16.8. The van der Waals surface area contributed by atoms with E-state index in [2.05, 4.69) is 10.2 Å². The van der Waals surface area contributed by atoms with Gasteiger partial charge in [0.25, 0.3) is 11.1 Å². The fourth-order valence-corrected chi connectivity index (χ4v) is 3.41. The van der Waals surface area contributed by atoms with Crippen molar-refractivity contribution in [2.24, 2.45) is 0 Å². The van der Waals surface area contributed by atoms with Crippen molar-refractivity contribution in [3.05, 3.63) is 24.3 Å².